The van der Waals surface area contributed by atoms with Crippen LogP contribution in [0.25, 0.3) is 0 Å². The molecule has 1 spiro atoms. The summed E-state index contributed by atoms with van der Waals surface area (Å²) < 4.78 is 18.0. The van der Waals surface area contributed by atoms with Crippen molar-refractivity contribution >= 4 is 57.5 Å². The predicted octanol–water partition coefficient (Wildman–Crippen LogP) is 4.55. The minimum atomic E-state index is -1.21. The quantitative estimate of drug-likeness (QED) is 0.441. The number of nitrogens with two attached hydrogens (primary N) is 1. The second-order valence-electron chi connectivity index (χ2n) is 12.1. The summed E-state index contributed by atoms with van der Waals surface area (Å²) in [5, 5.41) is 4.77. The first-order valence-electron chi connectivity index (χ1n) is 13.9. The molecule has 0 bridgehead atoms. The summed E-state index contributed by atoms with van der Waals surface area (Å²) >= 11 is 13.0. The Hall–Kier alpha value is -2.73. The van der Waals surface area contributed by atoms with Gasteiger partial charge in [0.15, 0.2) is 28.3 Å². The van der Waals surface area contributed by atoms with Crippen LogP contribution in [-0.4, -0.2) is 54.2 Å². The van der Waals surface area contributed by atoms with Crippen molar-refractivity contribution in [1.82, 2.24) is 24.5 Å². The zero-order valence-electron chi connectivity index (χ0n) is 23.4. The molecule has 1 amide bonds. The van der Waals surface area contributed by atoms with E-state index in [2.05, 4.69) is 42.9 Å². The summed E-state index contributed by atoms with van der Waals surface area (Å²) in [5.74, 6) is 0.610. The molecule has 1 aromatic carbocycles. The highest BCUT2D eigenvalue weighted by molar-refractivity contribution is 7.84. The van der Waals surface area contributed by atoms with Crippen LogP contribution in [0.1, 0.15) is 67.7 Å². The number of amides is 1. The lowest BCUT2D eigenvalue weighted by Crippen LogP contribution is -2.48. The van der Waals surface area contributed by atoms with Gasteiger partial charge in [0.1, 0.15) is 5.02 Å². The number of anilines is 3. The van der Waals surface area contributed by atoms with Crippen LogP contribution in [0.2, 0.25) is 10.2 Å². The third-order valence-corrected chi connectivity index (χ3v) is 10.5. The number of carbonyl (C=O) groups excluding carboxylic acids is 1. The molecule has 1 unspecified atom stereocenters. The van der Waals surface area contributed by atoms with E-state index in [1.807, 2.05) is 26.8 Å². The van der Waals surface area contributed by atoms with E-state index in [0.717, 1.165) is 25.7 Å². The highest BCUT2D eigenvalue weighted by Crippen LogP contribution is 2.53. The smallest absolute Gasteiger partial charge is 0.281 e. The number of aryl methyl sites for hydroxylation is 1. The number of rotatable bonds is 4. The van der Waals surface area contributed by atoms with Gasteiger partial charge < -0.3 is 10.6 Å². The fraction of sp³-hybridized carbons (Fsp3) is 0.500. The normalized spacial score (nSPS) is 20.7. The van der Waals surface area contributed by atoms with Gasteiger partial charge in [0, 0.05) is 26.2 Å². The van der Waals surface area contributed by atoms with Crippen LogP contribution in [0.4, 0.5) is 17.5 Å². The van der Waals surface area contributed by atoms with Gasteiger partial charge in [-0.25, -0.2) is 23.6 Å². The van der Waals surface area contributed by atoms with Crippen LogP contribution in [0, 0.1) is 5.41 Å². The van der Waals surface area contributed by atoms with Gasteiger partial charge in [-0.1, -0.05) is 47.5 Å². The number of nitrogen functional groups attached to an aromatic ring is 1. The Kier molecular flexibility index (Phi) is 7.28. The van der Waals surface area contributed by atoms with Crippen molar-refractivity contribution < 1.29 is 9.00 Å². The van der Waals surface area contributed by atoms with Crippen molar-refractivity contribution in [2.24, 2.45) is 5.41 Å². The number of hydrogen-bond acceptors (Lipinski definition) is 7. The number of piperidine rings is 1. The molecule has 3 aliphatic rings. The monoisotopic (exact) mass is 616 g/mol. The molecule has 1 fully saturated rings. The number of aromatic nitrogens is 4. The summed E-state index contributed by atoms with van der Waals surface area (Å²) in [6.07, 6.45) is 4.86. The van der Waals surface area contributed by atoms with Crippen LogP contribution >= 0.6 is 23.2 Å². The Bertz CT molecular complexity index is 1530. The SMILES string of the molecule is CC(C)(C)[S@@](=O)NC1c2ccccc2CC12CCN(c1nc(N)c(C(=O)N3CCCn4ncc(Cl)c43)nc1Cl)CC2. The second kappa shape index (κ2) is 10.5. The molecule has 4 heterocycles. The van der Waals surface area contributed by atoms with Gasteiger partial charge in [-0.15, -0.1) is 0 Å². The lowest BCUT2D eigenvalue weighted by Gasteiger charge is -2.44. The van der Waals surface area contributed by atoms with Crippen molar-refractivity contribution in [3.05, 3.63) is 57.5 Å². The maximum absolute atomic E-state index is 13.5. The summed E-state index contributed by atoms with van der Waals surface area (Å²) in [6.45, 7) is 8.46. The Labute approximate surface area is 252 Å². The zero-order valence-corrected chi connectivity index (χ0v) is 25.7. The molecular formula is C28H34Cl2N8O2S. The average molecular weight is 618 g/mol. The first-order chi connectivity index (χ1) is 19.5. The van der Waals surface area contributed by atoms with Crippen molar-refractivity contribution in [3.63, 3.8) is 0 Å². The topological polar surface area (TPSA) is 122 Å². The van der Waals surface area contributed by atoms with Gasteiger partial charge in [0.05, 0.1) is 28.0 Å². The van der Waals surface area contributed by atoms with E-state index in [1.165, 1.54) is 22.2 Å². The molecule has 218 valence electrons. The Balaban J connectivity index is 1.22. The maximum Gasteiger partial charge on any atom is 0.281 e. The van der Waals surface area contributed by atoms with Crippen LogP contribution in [0.15, 0.2) is 30.5 Å². The van der Waals surface area contributed by atoms with Gasteiger partial charge in [0.2, 0.25) is 0 Å². The molecule has 13 heteroatoms. The fourth-order valence-corrected chi connectivity index (χ4v) is 7.70. The second-order valence-corrected chi connectivity index (χ2v) is 14.8. The minimum Gasteiger partial charge on any atom is -0.382 e. The molecule has 41 heavy (non-hydrogen) atoms. The van der Waals surface area contributed by atoms with Gasteiger partial charge >= 0.3 is 0 Å². The molecule has 2 atom stereocenters. The van der Waals surface area contributed by atoms with Crippen LogP contribution in [0.3, 0.4) is 0 Å². The van der Waals surface area contributed by atoms with Gasteiger partial charge in [-0.2, -0.15) is 5.10 Å². The van der Waals surface area contributed by atoms with Crippen LogP contribution < -0.4 is 20.3 Å². The van der Waals surface area contributed by atoms with Crippen LogP contribution in [-0.2, 0) is 24.0 Å². The minimum absolute atomic E-state index is 0.00175. The summed E-state index contributed by atoms with van der Waals surface area (Å²) in [5.41, 5.74) is 8.76. The molecule has 0 saturated carbocycles. The lowest BCUT2D eigenvalue weighted by atomic mass is 9.73. The Morgan fingerprint density at radius 1 is 1.12 bits per heavy atom. The van der Waals surface area contributed by atoms with Crippen molar-refractivity contribution in [3.8, 4) is 0 Å². The number of halogens is 2. The van der Waals surface area contributed by atoms with E-state index in [0.29, 0.717) is 42.8 Å². The van der Waals surface area contributed by atoms with E-state index < -0.39 is 16.9 Å². The molecule has 2 aromatic heterocycles. The van der Waals surface area contributed by atoms with E-state index in [-0.39, 0.29) is 32.9 Å². The molecular weight excluding hydrogens is 583 g/mol. The largest absolute Gasteiger partial charge is 0.382 e. The van der Waals surface area contributed by atoms with E-state index in [1.54, 1.807) is 4.68 Å². The van der Waals surface area contributed by atoms with Gasteiger partial charge in [-0.3, -0.25) is 9.69 Å². The van der Waals surface area contributed by atoms with E-state index >= 15 is 0 Å². The third-order valence-electron chi connectivity index (χ3n) is 8.45. The number of nitrogens with zero attached hydrogens (tertiary/aromatic N) is 6. The highest BCUT2D eigenvalue weighted by atomic mass is 35.5. The van der Waals surface area contributed by atoms with E-state index in [9.17, 15) is 9.00 Å². The van der Waals surface area contributed by atoms with Crippen LogP contribution in [0.5, 0.6) is 0 Å². The zero-order chi connectivity index (χ0) is 29.1. The number of nitrogens with one attached hydrogen (secondary N) is 1. The molecule has 3 aromatic rings. The lowest BCUT2D eigenvalue weighted by molar-refractivity contribution is 0.0977. The van der Waals surface area contributed by atoms with Gasteiger partial charge in [-0.05, 0) is 63.0 Å². The third kappa shape index (κ3) is 5.00. The predicted molar refractivity (Wildman–Crippen MR) is 163 cm³/mol. The molecule has 1 aliphatic carbocycles. The molecule has 3 N–H and O–H groups in total. The molecule has 10 nitrogen and oxygen atoms in total. The van der Waals surface area contributed by atoms with E-state index in [4.69, 9.17) is 28.9 Å². The number of benzene rings is 1. The van der Waals surface area contributed by atoms with Crippen molar-refractivity contribution in [2.75, 3.05) is 35.2 Å². The number of carbonyl (C=O) groups is 1. The Morgan fingerprint density at radius 3 is 2.59 bits per heavy atom. The van der Waals surface area contributed by atoms with Crippen molar-refractivity contribution in [2.45, 2.75) is 63.8 Å². The first kappa shape index (κ1) is 28.4. The number of hydrogen-bond donors (Lipinski definition) is 2. The average Bonchev–Trinajstić information content (AvgIpc) is 3.47. The molecule has 2 aliphatic heterocycles. The highest BCUT2D eigenvalue weighted by Gasteiger charge is 2.49. The summed E-state index contributed by atoms with van der Waals surface area (Å²) in [6, 6.07) is 8.42. The molecule has 6 rings (SSSR count). The first-order valence-corrected chi connectivity index (χ1v) is 15.8. The summed E-state index contributed by atoms with van der Waals surface area (Å²) in [4.78, 5) is 26.1. The standard InChI is InChI=1S/C28H34Cl2N8O2S/c1-27(2,3)41(40)35-21-18-8-5-4-7-17(18)15-28(21)9-13-36(14-10-28)24-22(30)33-20(23(31)34-24)26(39)37-11-6-12-38-25(37)19(29)16-32-38/h4-5,7-8,16,21,35H,6,9-15H2,1-3H3,(H2,31,34)/t21?,41-/m1/s1. The van der Waals surface area contributed by atoms with Crippen molar-refractivity contribution in [1.29, 1.82) is 0 Å². The molecule has 0 radical (unpaired) electrons. The molecule has 1 saturated heterocycles. The maximum atomic E-state index is 13.5. The van der Waals surface area contributed by atoms with Gasteiger partial charge in [0.25, 0.3) is 5.91 Å². The summed E-state index contributed by atoms with van der Waals surface area (Å²) in [7, 11) is -1.21. The fourth-order valence-electron chi connectivity index (χ4n) is 6.26. The number of fused-ring (bicyclic) bond motifs is 2. The Morgan fingerprint density at radius 2 is 1.85 bits per heavy atom.